The van der Waals surface area contributed by atoms with E-state index in [-0.39, 0.29) is 5.91 Å². The molecule has 0 saturated heterocycles. The summed E-state index contributed by atoms with van der Waals surface area (Å²) in [5, 5.41) is 14.9. The lowest BCUT2D eigenvalue weighted by molar-refractivity contribution is 0.102. The molecule has 1 amide bonds. The van der Waals surface area contributed by atoms with Crippen molar-refractivity contribution in [1.82, 2.24) is 10.2 Å². The third-order valence-corrected chi connectivity index (χ3v) is 3.88. The van der Waals surface area contributed by atoms with Gasteiger partial charge in [0.25, 0.3) is 5.91 Å². The van der Waals surface area contributed by atoms with Crippen LogP contribution in [0.2, 0.25) is 0 Å². The molecule has 106 valence electrons. The third-order valence-electron chi connectivity index (χ3n) is 3.00. The number of benzene rings is 1. The summed E-state index contributed by atoms with van der Waals surface area (Å²) in [4.78, 5) is 12.1. The van der Waals surface area contributed by atoms with E-state index in [1.165, 1.54) is 11.3 Å². The van der Waals surface area contributed by atoms with Crippen molar-refractivity contribution < 1.29 is 4.79 Å². The summed E-state index contributed by atoms with van der Waals surface area (Å²) < 4.78 is 0. The van der Waals surface area contributed by atoms with Gasteiger partial charge in [-0.15, -0.1) is 10.2 Å². The highest BCUT2D eigenvalue weighted by Gasteiger charge is 2.14. The average Bonchev–Trinajstić information content (AvgIpc) is 2.90. The zero-order valence-corrected chi connectivity index (χ0v) is 12.7. The summed E-state index contributed by atoms with van der Waals surface area (Å²) in [6.45, 7) is 6.90. The lowest BCUT2D eigenvalue weighted by Crippen LogP contribution is -2.12. The second kappa shape index (κ2) is 6.47. The van der Waals surface area contributed by atoms with Gasteiger partial charge in [0.1, 0.15) is 0 Å². The van der Waals surface area contributed by atoms with Gasteiger partial charge in [-0.3, -0.25) is 4.79 Å². The normalized spacial score (nSPS) is 10.3. The minimum absolute atomic E-state index is 0.222. The molecule has 0 bridgehead atoms. The minimum atomic E-state index is -0.222. The summed E-state index contributed by atoms with van der Waals surface area (Å²) in [5.41, 5.74) is 3.02. The van der Waals surface area contributed by atoms with Crippen molar-refractivity contribution in [3.8, 4) is 0 Å². The van der Waals surface area contributed by atoms with Crippen molar-refractivity contribution in [2.45, 2.75) is 27.2 Å². The number of nitrogens with one attached hydrogen (secondary N) is 2. The third kappa shape index (κ3) is 3.33. The van der Waals surface area contributed by atoms with Crippen LogP contribution in [0.15, 0.2) is 18.2 Å². The van der Waals surface area contributed by atoms with E-state index in [1.54, 1.807) is 0 Å². The highest BCUT2D eigenvalue weighted by molar-refractivity contribution is 7.17. The van der Waals surface area contributed by atoms with Gasteiger partial charge >= 0.3 is 0 Å². The number of anilines is 2. The Balaban J connectivity index is 2.08. The first-order chi connectivity index (χ1) is 9.61. The predicted octanol–water partition coefficient (Wildman–Crippen LogP) is 3.23. The molecule has 2 rings (SSSR count). The number of aryl methyl sites for hydroxylation is 1. The minimum Gasteiger partial charge on any atom is -0.360 e. The molecule has 1 aromatic carbocycles. The van der Waals surface area contributed by atoms with Crippen LogP contribution >= 0.6 is 11.3 Å². The van der Waals surface area contributed by atoms with Gasteiger partial charge in [0.2, 0.25) is 10.1 Å². The lowest BCUT2D eigenvalue weighted by atomic mass is 10.1. The van der Waals surface area contributed by atoms with E-state index in [0.29, 0.717) is 10.1 Å². The van der Waals surface area contributed by atoms with Gasteiger partial charge in [-0.2, -0.15) is 0 Å². The predicted molar refractivity (Wildman–Crippen MR) is 82.6 cm³/mol. The fourth-order valence-corrected chi connectivity index (χ4v) is 2.35. The Bertz CT molecular complexity index is 609. The summed E-state index contributed by atoms with van der Waals surface area (Å²) in [5.74, 6) is -0.222. The van der Waals surface area contributed by atoms with E-state index >= 15 is 0 Å². The van der Waals surface area contributed by atoms with Gasteiger partial charge < -0.3 is 10.6 Å². The fourth-order valence-electron chi connectivity index (χ4n) is 1.68. The molecule has 0 fully saturated rings. The summed E-state index contributed by atoms with van der Waals surface area (Å²) in [7, 11) is 0. The number of carbonyl (C=O) groups is 1. The Morgan fingerprint density at radius 2 is 2.10 bits per heavy atom. The first-order valence-electron chi connectivity index (χ1n) is 6.56. The summed E-state index contributed by atoms with van der Waals surface area (Å²) in [6.07, 6.45) is 1.00. The smallest absolute Gasteiger partial charge is 0.286 e. The molecule has 0 unspecified atom stereocenters. The van der Waals surface area contributed by atoms with Gasteiger partial charge in [-0.25, -0.2) is 0 Å². The van der Waals surface area contributed by atoms with Gasteiger partial charge in [-0.1, -0.05) is 30.4 Å². The molecule has 0 aliphatic rings. The highest BCUT2D eigenvalue weighted by atomic mass is 32.1. The standard InChI is InChI=1S/C14H18N4OS/c1-4-8-15-14-18-17-13(20-14)12(19)16-11-7-5-6-9(2)10(11)3/h5-7H,4,8H2,1-3H3,(H,15,18)(H,16,19). The summed E-state index contributed by atoms with van der Waals surface area (Å²) in [6, 6.07) is 5.83. The molecule has 0 aliphatic carbocycles. The molecule has 5 nitrogen and oxygen atoms in total. The largest absolute Gasteiger partial charge is 0.360 e. The molecule has 2 aromatic rings. The molecule has 20 heavy (non-hydrogen) atoms. The first kappa shape index (κ1) is 14.5. The second-order valence-corrected chi connectivity index (χ2v) is 5.52. The number of carbonyl (C=O) groups excluding carboxylic acids is 1. The maximum atomic E-state index is 12.1. The molecule has 2 N–H and O–H groups in total. The van der Waals surface area contributed by atoms with Crippen molar-refractivity contribution in [2.75, 3.05) is 17.2 Å². The van der Waals surface area contributed by atoms with Crippen LogP contribution in [-0.4, -0.2) is 22.6 Å². The van der Waals surface area contributed by atoms with Gasteiger partial charge in [0, 0.05) is 12.2 Å². The van der Waals surface area contributed by atoms with E-state index < -0.39 is 0 Å². The fraction of sp³-hybridized carbons (Fsp3) is 0.357. The molecule has 0 aliphatic heterocycles. The number of amides is 1. The molecule has 0 saturated carbocycles. The van der Waals surface area contributed by atoms with Crippen LogP contribution < -0.4 is 10.6 Å². The maximum absolute atomic E-state index is 12.1. The average molecular weight is 290 g/mol. The van der Waals surface area contributed by atoms with Crippen molar-refractivity contribution in [3.63, 3.8) is 0 Å². The molecular formula is C14H18N4OS. The van der Waals surface area contributed by atoms with Crippen LogP contribution in [0, 0.1) is 13.8 Å². The van der Waals surface area contributed by atoms with E-state index in [9.17, 15) is 4.79 Å². The van der Waals surface area contributed by atoms with E-state index in [2.05, 4.69) is 27.8 Å². The molecule has 6 heteroatoms. The van der Waals surface area contributed by atoms with Crippen molar-refractivity contribution in [1.29, 1.82) is 0 Å². The molecular weight excluding hydrogens is 272 g/mol. The molecule has 1 aromatic heterocycles. The van der Waals surface area contributed by atoms with Crippen LogP contribution in [0.25, 0.3) is 0 Å². The van der Waals surface area contributed by atoms with Crippen LogP contribution in [0.5, 0.6) is 0 Å². The Morgan fingerprint density at radius 3 is 2.85 bits per heavy atom. The molecule has 1 heterocycles. The number of rotatable bonds is 5. The van der Waals surface area contributed by atoms with E-state index in [4.69, 9.17) is 0 Å². The van der Waals surface area contributed by atoms with E-state index in [0.717, 1.165) is 29.8 Å². The van der Waals surface area contributed by atoms with Gasteiger partial charge in [0.15, 0.2) is 0 Å². The molecule has 0 radical (unpaired) electrons. The topological polar surface area (TPSA) is 66.9 Å². The van der Waals surface area contributed by atoms with E-state index in [1.807, 2.05) is 32.0 Å². The SMILES string of the molecule is CCCNc1nnc(C(=O)Nc2cccc(C)c2C)s1. The van der Waals surface area contributed by atoms with Crippen LogP contribution in [0.1, 0.15) is 34.3 Å². The zero-order chi connectivity index (χ0) is 14.5. The monoisotopic (exact) mass is 290 g/mol. The zero-order valence-electron chi connectivity index (χ0n) is 11.9. The van der Waals surface area contributed by atoms with Crippen molar-refractivity contribution in [3.05, 3.63) is 34.3 Å². The lowest BCUT2D eigenvalue weighted by Gasteiger charge is -2.08. The number of hydrogen-bond acceptors (Lipinski definition) is 5. The number of nitrogens with zero attached hydrogens (tertiary/aromatic N) is 2. The summed E-state index contributed by atoms with van der Waals surface area (Å²) >= 11 is 1.26. The first-order valence-corrected chi connectivity index (χ1v) is 7.38. The number of hydrogen-bond donors (Lipinski definition) is 2. The van der Waals surface area contributed by atoms with Gasteiger partial charge in [0.05, 0.1) is 0 Å². The Morgan fingerprint density at radius 1 is 1.30 bits per heavy atom. The Hall–Kier alpha value is -1.95. The Labute approximate surface area is 122 Å². The second-order valence-electron chi connectivity index (χ2n) is 4.54. The maximum Gasteiger partial charge on any atom is 0.286 e. The number of aromatic nitrogens is 2. The van der Waals surface area contributed by atoms with Gasteiger partial charge in [-0.05, 0) is 37.5 Å². The quantitative estimate of drug-likeness (QED) is 0.887. The van der Waals surface area contributed by atoms with Crippen LogP contribution in [-0.2, 0) is 0 Å². The highest BCUT2D eigenvalue weighted by Crippen LogP contribution is 2.20. The van der Waals surface area contributed by atoms with Crippen LogP contribution in [0.4, 0.5) is 10.8 Å². The Kier molecular flexibility index (Phi) is 4.68. The van der Waals surface area contributed by atoms with Crippen molar-refractivity contribution >= 4 is 28.1 Å². The van der Waals surface area contributed by atoms with Crippen LogP contribution in [0.3, 0.4) is 0 Å². The molecule has 0 atom stereocenters. The van der Waals surface area contributed by atoms with Crippen molar-refractivity contribution in [2.24, 2.45) is 0 Å². The molecule has 0 spiro atoms.